The SMILES string of the molecule is COC(=O)c1ccc(Cl)c(NC(=O)CNCCc2cccc(OC)c2)c1. The van der Waals surface area contributed by atoms with Crippen LogP contribution < -0.4 is 15.4 Å². The van der Waals surface area contributed by atoms with Gasteiger partial charge in [-0.25, -0.2) is 4.79 Å². The Morgan fingerprint density at radius 1 is 1.12 bits per heavy atom. The average Bonchev–Trinajstić information content (AvgIpc) is 2.66. The molecule has 0 atom stereocenters. The van der Waals surface area contributed by atoms with Crippen molar-refractivity contribution in [1.82, 2.24) is 5.32 Å². The summed E-state index contributed by atoms with van der Waals surface area (Å²) in [5, 5.41) is 6.11. The summed E-state index contributed by atoms with van der Waals surface area (Å²) in [5.41, 5.74) is 1.80. The van der Waals surface area contributed by atoms with Crippen LogP contribution in [0.5, 0.6) is 5.75 Å². The third-order valence-electron chi connectivity index (χ3n) is 3.67. The molecule has 0 bridgehead atoms. The number of esters is 1. The van der Waals surface area contributed by atoms with E-state index >= 15 is 0 Å². The fraction of sp³-hybridized carbons (Fsp3) is 0.263. The van der Waals surface area contributed by atoms with Crippen molar-refractivity contribution in [3.63, 3.8) is 0 Å². The molecule has 0 fully saturated rings. The van der Waals surface area contributed by atoms with Gasteiger partial charge in [0.25, 0.3) is 0 Å². The van der Waals surface area contributed by atoms with Gasteiger partial charge in [0, 0.05) is 0 Å². The summed E-state index contributed by atoms with van der Waals surface area (Å²) in [5.74, 6) is 0.0634. The molecule has 2 rings (SSSR count). The number of methoxy groups -OCH3 is 2. The molecule has 138 valence electrons. The molecule has 0 aliphatic heterocycles. The van der Waals surface area contributed by atoms with E-state index in [1.54, 1.807) is 13.2 Å². The van der Waals surface area contributed by atoms with Crippen LogP contribution in [0.2, 0.25) is 5.02 Å². The van der Waals surface area contributed by atoms with Gasteiger partial charge in [0.15, 0.2) is 0 Å². The maximum absolute atomic E-state index is 12.1. The molecule has 0 spiro atoms. The maximum atomic E-state index is 12.1. The molecule has 0 saturated heterocycles. The second-order valence-corrected chi connectivity index (χ2v) is 5.92. The summed E-state index contributed by atoms with van der Waals surface area (Å²) in [6.07, 6.45) is 0.767. The highest BCUT2D eigenvalue weighted by molar-refractivity contribution is 6.33. The van der Waals surface area contributed by atoms with Crippen LogP contribution in [0.3, 0.4) is 0 Å². The lowest BCUT2D eigenvalue weighted by molar-refractivity contribution is -0.115. The molecule has 2 aromatic carbocycles. The summed E-state index contributed by atoms with van der Waals surface area (Å²) in [6, 6.07) is 12.3. The minimum atomic E-state index is -0.492. The van der Waals surface area contributed by atoms with E-state index in [0.717, 1.165) is 17.7 Å². The Morgan fingerprint density at radius 2 is 1.92 bits per heavy atom. The second-order valence-electron chi connectivity index (χ2n) is 5.51. The monoisotopic (exact) mass is 376 g/mol. The zero-order valence-electron chi connectivity index (χ0n) is 14.7. The normalized spacial score (nSPS) is 10.3. The van der Waals surface area contributed by atoms with E-state index in [-0.39, 0.29) is 12.5 Å². The van der Waals surface area contributed by atoms with Crippen molar-refractivity contribution in [1.29, 1.82) is 0 Å². The molecule has 2 N–H and O–H groups in total. The number of carbonyl (C=O) groups excluding carboxylic acids is 2. The fourth-order valence-corrected chi connectivity index (χ4v) is 2.49. The van der Waals surface area contributed by atoms with Gasteiger partial charge in [-0.1, -0.05) is 23.7 Å². The van der Waals surface area contributed by atoms with E-state index in [1.807, 2.05) is 24.3 Å². The Kier molecular flexibility index (Phi) is 7.44. The number of ether oxygens (including phenoxy) is 2. The van der Waals surface area contributed by atoms with E-state index in [1.165, 1.54) is 19.2 Å². The number of amides is 1. The Hall–Kier alpha value is -2.57. The summed E-state index contributed by atoms with van der Waals surface area (Å²) >= 11 is 6.06. The van der Waals surface area contributed by atoms with Gasteiger partial charge in [0.05, 0.1) is 37.0 Å². The van der Waals surface area contributed by atoms with Crippen LogP contribution in [0.15, 0.2) is 42.5 Å². The van der Waals surface area contributed by atoms with Gasteiger partial charge in [-0.05, 0) is 48.9 Å². The lowest BCUT2D eigenvalue weighted by atomic mass is 10.1. The molecule has 6 nitrogen and oxygen atoms in total. The first kappa shape index (κ1) is 19.8. The van der Waals surface area contributed by atoms with Crippen LogP contribution in [-0.4, -0.2) is 39.2 Å². The minimum absolute atomic E-state index is 0.128. The van der Waals surface area contributed by atoms with Crippen LogP contribution in [0.25, 0.3) is 0 Å². The van der Waals surface area contributed by atoms with E-state index < -0.39 is 5.97 Å². The van der Waals surface area contributed by atoms with Crippen LogP contribution >= 0.6 is 11.6 Å². The lowest BCUT2D eigenvalue weighted by Gasteiger charge is -2.10. The number of benzene rings is 2. The molecule has 7 heteroatoms. The standard InChI is InChI=1S/C19H21ClN2O4/c1-25-15-5-3-4-13(10-15)8-9-21-12-18(23)22-17-11-14(19(24)26-2)6-7-16(17)20/h3-7,10-11,21H,8-9,12H2,1-2H3,(H,22,23). The molecular formula is C19H21ClN2O4. The molecule has 0 radical (unpaired) electrons. The third-order valence-corrected chi connectivity index (χ3v) is 4.00. The summed E-state index contributed by atoms with van der Waals surface area (Å²) in [4.78, 5) is 23.6. The van der Waals surface area contributed by atoms with E-state index in [2.05, 4.69) is 15.4 Å². The molecular weight excluding hydrogens is 356 g/mol. The van der Waals surface area contributed by atoms with Crippen molar-refractivity contribution in [2.75, 3.05) is 32.6 Å². The summed E-state index contributed by atoms with van der Waals surface area (Å²) < 4.78 is 9.84. The zero-order valence-corrected chi connectivity index (χ0v) is 15.4. The van der Waals surface area contributed by atoms with Gasteiger partial charge in [0.1, 0.15) is 5.75 Å². The second kappa shape index (κ2) is 9.79. The Labute approximate surface area is 157 Å². The summed E-state index contributed by atoms with van der Waals surface area (Å²) in [7, 11) is 2.92. The predicted octanol–water partition coefficient (Wildman–Crippen LogP) is 2.91. The van der Waals surface area contributed by atoms with Crippen LogP contribution in [0.1, 0.15) is 15.9 Å². The molecule has 1 amide bonds. The first-order chi connectivity index (χ1) is 12.5. The molecule has 2 aromatic rings. The molecule has 0 aliphatic rings. The fourth-order valence-electron chi connectivity index (χ4n) is 2.32. The maximum Gasteiger partial charge on any atom is 0.337 e. The number of carbonyl (C=O) groups is 2. The molecule has 0 aliphatic carbocycles. The Bertz CT molecular complexity index is 780. The van der Waals surface area contributed by atoms with Crippen molar-refractivity contribution in [2.24, 2.45) is 0 Å². The van der Waals surface area contributed by atoms with Gasteiger partial charge < -0.3 is 20.1 Å². The Morgan fingerprint density at radius 3 is 2.65 bits per heavy atom. The predicted molar refractivity (Wildman–Crippen MR) is 101 cm³/mol. The number of anilines is 1. The van der Waals surface area contributed by atoms with Gasteiger partial charge in [-0.15, -0.1) is 0 Å². The van der Waals surface area contributed by atoms with Gasteiger partial charge in [0.2, 0.25) is 5.91 Å². The van der Waals surface area contributed by atoms with Crippen molar-refractivity contribution in [3.05, 3.63) is 58.6 Å². The van der Waals surface area contributed by atoms with Gasteiger partial charge >= 0.3 is 5.97 Å². The van der Waals surface area contributed by atoms with Gasteiger partial charge in [-0.2, -0.15) is 0 Å². The van der Waals surface area contributed by atoms with Crippen molar-refractivity contribution >= 4 is 29.2 Å². The largest absolute Gasteiger partial charge is 0.497 e. The lowest BCUT2D eigenvalue weighted by Crippen LogP contribution is -2.29. The quantitative estimate of drug-likeness (QED) is 0.547. The number of hydrogen-bond acceptors (Lipinski definition) is 5. The number of halogens is 1. The molecule has 0 saturated carbocycles. The molecule has 0 aromatic heterocycles. The van der Waals surface area contributed by atoms with Crippen LogP contribution in [0, 0.1) is 0 Å². The van der Waals surface area contributed by atoms with Crippen molar-refractivity contribution in [3.8, 4) is 5.75 Å². The molecule has 26 heavy (non-hydrogen) atoms. The highest BCUT2D eigenvalue weighted by atomic mass is 35.5. The number of hydrogen-bond donors (Lipinski definition) is 2. The van der Waals surface area contributed by atoms with Crippen LogP contribution in [0.4, 0.5) is 5.69 Å². The average molecular weight is 377 g/mol. The first-order valence-corrected chi connectivity index (χ1v) is 8.42. The molecule has 0 unspecified atom stereocenters. The summed E-state index contributed by atoms with van der Waals surface area (Å²) in [6.45, 7) is 0.763. The van der Waals surface area contributed by atoms with Crippen molar-refractivity contribution in [2.45, 2.75) is 6.42 Å². The smallest absolute Gasteiger partial charge is 0.337 e. The molecule has 0 heterocycles. The minimum Gasteiger partial charge on any atom is -0.497 e. The first-order valence-electron chi connectivity index (χ1n) is 8.05. The van der Waals surface area contributed by atoms with E-state index in [0.29, 0.717) is 22.8 Å². The van der Waals surface area contributed by atoms with Crippen molar-refractivity contribution < 1.29 is 19.1 Å². The zero-order chi connectivity index (χ0) is 18.9. The topological polar surface area (TPSA) is 76.7 Å². The van der Waals surface area contributed by atoms with Gasteiger partial charge in [-0.3, -0.25) is 4.79 Å². The Balaban J connectivity index is 1.82. The highest BCUT2D eigenvalue weighted by Gasteiger charge is 2.11. The van der Waals surface area contributed by atoms with E-state index in [9.17, 15) is 9.59 Å². The number of nitrogens with one attached hydrogen (secondary N) is 2. The third kappa shape index (κ3) is 5.75. The van der Waals surface area contributed by atoms with Crippen LogP contribution in [-0.2, 0) is 16.0 Å². The van der Waals surface area contributed by atoms with E-state index in [4.69, 9.17) is 16.3 Å². The number of rotatable bonds is 8. The highest BCUT2D eigenvalue weighted by Crippen LogP contribution is 2.23.